The Hall–Kier alpha value is -1.35. The van der Waals surface area contributed by atoms with Gasteiger partial charge in [-0.1, -0.05) is 31.0 Å². The molecule has 0 bridgehead atoms. The molecule has 0 saturated carbocycles. The van der Waals surface area contributed by atoms with E-state index in [2.05, 4.69) is 11.4 Å². The fraction of sp³-hybridized carbons (Fsp3) is 0.500. The van der Waals surface area contributed by atoms with Crippen LogP contribution >= 0.6 is 0 Å². The van der Waals surface area contributed by atoms with E-state index in [-0.39, 0.29) is 11.3 Å². The first-order chi connectivity index (χ1) is 7.84. The number of nitrogens with two attached hydrogens (primary N) is 1. The first-order valence-electron chi connectivity index (χ1n) is 5.91. The molecule has 17 heavy (non-hydrogen) atoms. The highest BCUT2D eigenvalue weighted by Crippen LogP contribution is 2.12. The van der Waals surface area contributed by atoms with Crippen LogP contribution < -0.4 is 11.1 Å². The van der Waals surface area contributed by atoms with E-state index in [0.29, 0.717) is 13.1 Å². The van der Waals surface area contributed by atoms with Crippen LogP contribution in [-0.4, -0.2) is 19.0 Å². The van der Waals surface area contributed by atoms with Crippen LogP contribution in [0.5, 0.6) is 0 Å². The van der Waals surface area contributed by atoms with Crippen molar-refractivity contribution in [3.05, 3.63) is 34.9 Å². The topological polar surface area (TPSA) is 55.1 Å². The van der Waals surface area contributed by atoms with Gasteiger partial charge in [-0.2, -0.15) is 0 Å². The third kappa shape index (κ3) is 4.19. The number of benzene rings is 1. The predicted molar refractivity (Wildman–Crippen MR) is 71.1 cm³/mol. The normalized spacial score (nSPS) is 11.4. The van der Waals surface area contributed by atoms with Gasteiger partial charge in [0.2, 0.25) is 0 Å². The van der Waals surface area contributed by atoms with Gasteiger partial charge in [0.1, 0.15) is 0 Å². The Labute approximate surface area is 103 Å². The van der Waals surface area contributed by atoms with Gasteiger partial charge in [-0.15, -0.1) is 0 Å². The lowest BCUT2D eigenvalue weighted by molar-refractivity contribution is 0.0937. The second-order valence-electron chi connectivity index (χ2n) is 5.43. The third-order valence-corrected chi connectivity index (χ3v) is 2.76. The second-order valence-corrected chi connectivity index (χ2v) is 5.43. The molecule has 0 fully saturated rings. The number of amides is 1. The number of rotatable bonds is 4. The zero-order chi connectivity index (χ0) is 13.1. The maximum absolute atomic E-state index is 12.0. The van der Waals surface area contributed by atoms with Crippen molar-refractivity contribution < 1.29 is 4.79 Å². The van der Waals surface area contributed by atoms with E-state index < -0.39 is 0 Å². The van der Waals surface area contributed by atoms with Crippen molar-refractivity contribution in [3.63, 3.8) is 0 Å². The Morgan fingerprint density at radius 2 is 1.76 bits per heavy atom. The summed E-state index contributed by atoms with van der Waals surface area (Å²) in [7, 11) is 0. The molecule has 0 aliphatic carbocycles. The third-order valence-electron chi connectivity index (χ3n) is 2.76. The maximum Gasteiger partial charge on any atom is 0.251 e. The summed E-state index contributed by atoms with van der Waals surface area (Å²) in [6, 6.07) is 5.86. The Kier molecular flexibility index (Phi) is 4.29. The molecular formula is C14H22N2O. The van der Waals surface area contributed by atoms with E-state index >= 15 is 0 Å². The van der Waals surface area contributed by atoms with Gasteiger partial charge in [0.15, 0.2) is 0 Å². The van der Waals surface area contributed by atoms with E-state index in [1.165, 1.54) is 0 Å². The SMILES string of the molecule is Cc1cc(C)cc(C(=O)NCC(C)(C)CN)c1. The number of aryl methyl sites for hydroxylation is 2. The minimum absolute atomic E-state index is 0.0293. The fourth-order valence-electron chi connectivity index (χ4n) is 1.60. The first kappa shape index (κ1) is 13.7. The predicted octanol–water partition coefficient (Wildman–Crippen LogP) is 2.02. The number of nitrogens with one attached hydrogen (secondary N) is 1. The average Bonchev–Trinajstić information content (AvgIpc) is 2.24. The quantitative estimate of drug-likeness (QED) is 0.837. The van der Waals surface area contributed by atoms with Crippen LogP contribution in [0.15, 0.2) is 18.2 Å². The molecule has 3 nitrogen and oxygen atoms in total. The Bertz CT molecular complexity index is 390. The Morgan fingerprint density at radius 1 is 1.24 bits per heavy atom. The summed E-state index contributed by atoms with van der Waals surface area (Å²) in [6.45, 7) is 9.21. The molecule has 3 N–H and O–H groups in total. The van der Waals surface area contributed by atoms with Gasteiger partial charge in [0, 0.05) is 12.1 Å². The smallest absolute Gasteiger partial charge is 0.251 e. The van der Waals surface area contributed by atoms with E-state index in [1.807, 2.05) is 39.8 Å². The van der Waals surface area contributed by atoms with Crippen LogP contribution in [0.3, 0.4) is 0 Å². The molecular weight excluding hydrogens is 212 g/mol. The lowest BCUT2D eigenvalue weighted by Gasteiger charge is -2.22. The molecule has 0 aliphatic heterocycles. The van der Waals surface area contributed by atoms with Crippen molar-refractivity contribution in [2.75, 3.05) is 13.1 Å². The van der Waals surface area contributed by atoms with Gasteiger partial charge >= 0.3 is 0 Å². The molecule has 1 rings (SSSR count). The minimum atomic E-state index is -0.0610. The van der Waals surface area contributed by atoms with Crippen LogP contribution in [-0.2, 0) is 0 Å². The average molecular weight is 234 g/mol. The molecule has 0 atom stereocenters. The molecule has 0 unspecified atom stereocenters. The van der Waals surface area contributed by atoms with Gasteiger partial charge in [0.25, 0.3) is 5.91 Å². The van der Waals surface area contributed by atoms with Crippen LogP contribution in [0, 0.1) is 19.3 Å². The van der Waals surface area contributed by atoms with Crippen LogP contribution in [0.25, 0.3) is 0 Å². The first-order valence-corrected chi connectivity index (χ1v) is 5.91. The van der Waals surface area contributed by atoms with Crippen molar-refractivity contribution in [3.8, 4) is 0 Å². The molecule has 94 valence electrons. The van der Waals surface area contributed by atoms with Crippen molar-refractivity contribution in [1.29, 1.82) is 0 Å². The zero-order valence-corrected chi connectivity index (χ0v) is 11.1. The summed E-state index contributed by atoms with van der Waals surface area (Å²) in [6.07, 6.45) is 0. The summed E-state index contributed by atoms with van der Waals surface area (Å²) in [5, 5.41) is 2.93. The summed E-state index contributed by atoms with van der Waals surface area (Å²) >= 11 is 0. The van der Waals surface area contributed by atoms with Crippen LogP contribution in [0.4, 0.5) is 0 Å². The van der Waals surface area contributed by atoms with E-state index in [9.17, 15) is 4.79 Å². The lowest BCUT2D eigenvalue weighted by Crippen LogP contribution is -2.38. The standard InChI is InChI=1S/C14H22N2O/c1-10-5-11(2)7-12(6-10)13(17)16-9-14(3,4)8-15/h5-7H,8-9,15H2,1-4H3,(H,16,17). The largest absolute Gasteiger partial charge is 0.351 e. The highest BCUT2D eigenvalue weighted by atomic mass is 16.1. The molecule has 1 aromatic carbocycles. The molecule has 0 aliphatic rings. The van der Waals surface area contributed by atoms with Gasteiger partial charge < -0.3 is 11.1 Å². The monoisotopic (exact) mass is 234 g/mol. The highest BCUT2D eigenvalue weighted by molar-refractivity contribution is 5.94. The number of hydrogen-bond acceptors (Lipinski definition) is 2. The van der Waals surface area contributed by atoms with E-state index in [4.69, 9.17) is 5.73 Å². The summed E-state index contributed by atoms with van der Waals surface area (Å²) in [5.74, 6) is -0.0293. The number of carbonyl (C=O) groups is 1. The summed E-state index contributed by atoms with van der Waals surface area (Å²) < 4.78 is 0. The Morgan fingerprint density at radius 3 is 2.24 bits per heavy atom. The zero-order valence-electron chi connectivity index (χ0n) is 11.1. The molecule has 0 aromatic heterocycles. The van der Waals surface area contributed by atoms with Crippen LogP contribution in [0.1, 0.15) is 35.3 Å². The summed E-state index contributed by atoms with van der Waals surface area (Å²) in [5.41, 5.74) is 8.49. The molecule has 0 saturated heterocycles. The second kappa shape index (κ2) is 5.32. The molecule has 0 radical (unpaired) electrons. The molecule has 3 heteroatoms. The van der Waals surface area contributed by atoms with Crippen molar-refractivity contribution in [2.24, 2.45) is 11.1 Å². The molecule has 1 amide bonds. The van der Waals surface area contributed by atoms with Crippen molar-refractivity contribution in [2.45, 2.75) is 27.7 Å². The molecule has 0 spiro atoms. The summed E-state index contributed by atoms with van der Waals surface area (Å²) in [4.78, 5) is 12.0. The fourth-order valence-corrected chi connectivity index (χ4v) is 1.60. The Balaban J connectivity index is 2.70. The lowest BCUT2D eigenvalue weighted by atomic mass is 9.94. The van der Waals surface area contributed by atoms with Gasteiger partial charge in [-0.25, -0.2) is 0 Å². The van der Waals surface area contributed by atoms with Crippen molar-refractivity contribution in [1.82, 2.24) is 5.32 Å². The van der Waals surface area contributed by atoms with Gasteiger partial charge in [-0.3, -0.25) is 4.79 Å². The van der Waals surface area contributed by atoms with E-state index in [0.717, 1.165) is 16.7 Å². The number of carbonyl (C=O) groups excluding carboxylic acids is 1. The minimum Gasteiger partial charge on any atom is -0.351 e. The molecule has 1 aromatic rings. The van der Waals surface area contributed by atoms with Gasteiger partial charge in [-0.05, 0) is 37.9 Å². The highest BCUT2D eigenvalue weighted by Gasteiger charge is 2.17. The van der Waals surface area contributed by atoms with Gasteiger partial charge in [0.05, 0.1) is 0 Å². The van der Waals surface area contributed by atoms with Crippen LogP contribution in [0.2, 0.25) is 0 Å². The number of hydrogen-bond donors (Lipinski definition) is 2. The van der Waals surface area contributed by atoms with Crippen molar-refractivity contribution >= 4 is 5.91 Å². The van der Waals surface area contributed by atoms with E-state index in [1.54, 1.807) is 0 Å². The molecule has 0 heterocycles. The maximum atomic E-state index is 12.0.